The highest BCUT2D eigenvalue weighted by Crippen LogP contribution is 2.10. The van der Waals surface area contributed by atoms with Crippen LogP contribution in [-0.4, -0.2) is 11.1 Å². The second-order valence-electron chi connectivity index (χ2n) is 3.93. The minimum atomic E-state index is -0.885. The smallest absolute Gasteiger partial charge is 0.327 e. The number of carboxylic acids is 1. The van der Waals surface area contributed by atoms with Crippen LogP contribution in [-0.2, 0) is 17.6 Å². The lowest BCUT2D eigenvalue weighted by Crippen LogP contribution is -1.89. The molecule has 2 heteroatoms. The Balaban J connectivity index is 2.47. The molecule has 90 valence electrons. The molecule has 0 atom stereocenters. The van der Waals surface area contributed by atoms with Crippen molar-refractivity contribution in [2.45, 2.75) is 25.7 Å². The molecule has 1 aromatic carbocycles. The van der Waals surface area contributed by atoms with Crippen molar-refractivity contribution in [1.29, 1.82) is 0 Å². The molecule has 0 bridgehead atoms. The summed E-state index contributed by atoms with van der Waals surface area (Å²) in [6.45, 7) is 3.71. The van der Waals surface area contributed by atoms with Gasteiger partial charge in [0.2, 0.25) is 0 Å². The fourth-order valence-corrected chi connectivity index (χ4v) is 1.64. The van der Waals surface area contributed by atoms with Crippen molar-refractivity contribution in [3.8, 4) is 0 Å². The van der Waals surface area contributed by atoms with Gasteiger partial charge in [0.15, 0.2) is 0 Å². The predicted octanol–water partition coefficient (Wildman–Crippen LogP) is 3.38. The zero-order valence-corrected chi connectivity index (χ0v) is 9.93. The molecule has 0 heterocycles. The maximum Gasteiger partial charge on any atom is 0.327 e. The largest absolute Gasteiger partial charge is 0.478 e. The number of aryl methyl sites for hydroxylation is 2. The van der Waals surface area contributed by atoms with E-state index in [9.17, 15) is 4.79 Å². The van der Waals surface area contributed by atoms with Crippen molar-refractivity contribution in [1.82, 2.24) is 0 Å². The Hall–Kier alpha value is -1.83. The molecule has 1 rings (SSSR count). The van der Waals surface area contributed by atoms with Gasteiger partial charge in [0.05, 0.1) is 0 Å². The highest BCUT2D eigenvalue weighted by molar-refractivity contribution is 5.79. The normalized spacial score (nSPS) is 10.6. The summed E-state index contributed by atoms with van der Waals surface area (Å²) in [6.07, 6.45) is 8.45. The summed E-state index contributed by atoms with van der Waals surface area (Å²) < 4.78 is 0. The Labute approximate surface area is 102 Å². The van der Waals surface area contributed by atoms with E-state index >= 15 is 0 Å². The summed E-state index contributed by atoms with van der Waals surface area (Å²) >= 11 is 0. The van der Waals surface area contributed by atoms with E-state index in [-0.39, 0.29) is 0 Å². The van der Waals surface area contributed by atoms with Crippen molar-refractivity contribution in [2.24, 2.45) is 0 Å². The summed E-state index contributed by atoms with van der Waals surface area (Å²) in [5, 5.41) is 8.46. The molecule has 0 fully saturated rings. The van der Waals surface area contributed by atoms with Gasteiger partial charge >= 0.3 is 5.97 Å². The number of carboxylic acid groups (broad SMARTS) is 1. The van der Waals surface area contributed by atoms with Gasteiger partial charge < -0.3 is 5.11 Å². The minimum absolute atomic E-state index is 0.761. The molecular weight excluding hydrogens is 212 g/mol. The fraction of sp³-hybridized carbons (Fsp3) is 0.267. The Bertz CT molecular complexity index is 405. The van der Waals surface area contributed by atoms with E-state index in [1.807, 2.05) is 6.08 Å². The van der Waals surface area contributed by atoms with Gasteiger partial charge in [-0.2, -0.15) is 0 Å². The Kier molecular flexibility index (Phi) is 5.80. The van der Waals surface area contributed by atoms with Crippen LogP contribution in [0.3, 0.4) is 0 Å². The molecular formula is C15H18O2. The zero-order valence-electron chi connectivity index (χ0n) is 9.93. The van der Waals surface area contributed by atoms with Gasteiger partial charge in [0.1, 0.15) is 0 Å². The molecule has 0 saturated heterocycles. The third-order valence-corrected chi connectivity index (χ3v) is 2.49. The van der Waals surface area contributed by atoms with Crippen LogP contribution in [0.15, 0.2) is 49.1 Å². The topological polar surface area (TPSA) is 37.3 Å². The summed E-state index contributed by atoms with van der Waals surface area (Å²) in [6, 6.07) is 8.42. The molecule has 0 aliphatic carbocycles. The molecule has 0 aliphatic rings. The van der Waals surface area contributed by atoms with Gasteiger partial charge in [-0.25, -0.2) is 4.79 Å². The van der Waals surface area contributed by atoms with Crippen LogP contribution in [0, 0.1) is 0 Å². The molecule has 0 spiro atoms. The molecule has 0 saturated carbocycles. The lowest BCUT2D eigenvalue weighted by Gasteiger charge is -2.02. The van der Waals surface area contributed by atoms with Crippen molar-refractivity contribution in [3.63, 3.8) is 0 Å². The lowest BCUT2D eigenvalue weighted by atomic mass is 10.0. The van der Waals surface area contributed by atoms with Gasteiger partial charge in [-0.1, -0.05) is 36.4 Å². The average molecular weight is 230 g/mol. The first-order valence-corrected chi connectivity index (χ1v) is 5.80. The summed E-state index contributed by atoms with van der Waals surface area (Å²) in [5.41, 5.74) is 2.56. The number of hydrogen-bond donors (Lipinski definition) is 1. The molecule has 1 N–H and O–H groups in total. The highest BCUT2D eigenvalue weighted by atomic mass is 16.4. The maximum absolute atomic E-state index is 10.3. The highest BCUT2D eigenvalue weighted by Gasteiger charge is 1.95. The Morgan fingerprint density at radius 2 is 1.88 bits per heavy atom. The first-order chi connectivity index (χ1) is 8.22. The lowest BCUT2D eigenvalue weighted by molar-refractivity contribution is -0.131. The van der Waals surface area contributed by atoms with Crippen LogP contribution >= 0.6 is 0 Å². The molecule has 17 heavy (non-hydrogen) atoms. The zero-order chi connectivity index (χ0) is 12.5. The first-order valence-electron chi connectivity index (χ1n) is 5.80. The van der Waals surface area contributed by atoms with Crippen molar-refractivity contribution in [2.75, 3.05) is 0 Å². The van der Waals surface area contributed by atoms with Gasteiger partial charge in [-0.15, -0.1) is 6.58 Å². The van der Waals surface area contributed by atoms with Crippen molar-refractivity contribution in [3.05, 3.63) is 60.2 Å². The van der Waals surface area contributed by atoms with Crippen molar-refractivity contribution < 1.29 is 9.90 Å². The number of rotatable bonds is 7. The third-order valence-electron chi connectivity index (χ3n) is 2.49. The van der Waals surface area contributed by atoms with Crippen LogP contribution < -0.4 is 0 Å². The number of hydrogen-bond acceptors (Lipinski definition) is 1. The molecule has 1 aromatic rings. The van der Waals surface area contributed by atoms with E-state index in [2.05, 4.69) is 30.8 Å². The van der Waals surface area contributed by atoms with Crippen LogP contribution in [0.25, 0.3) is 0 Å². The molecule has 0 radical (unpaired) electrons. The van der Waals surface area contributed by atoms with Gasteiger partial charge in [-0.05, 0) is 36.8 Å². The monoisotopic (exact) mass is 230 g/mol. The van der Waals surface area contributed by atoms with Crippen molar-refractivity contribution >= 4 is 5.97 Å². The second-order valence-corrected chi connectivity index (χ2v) is 3.93. The van der Waals surface area contributed by atoms with E-state index in [1.54, 1.807) is 6.08 Å². The number of aliphatic carboxylic acids is 1. The quantitative estimate of drug-likeness (QED) is 0.576. The first kappa shape index (κ1) is 13.2. The van der Waals surface area contributed by atoms with E-state index < -0.39 is 5.97 Å². The van der Waals surface area contributed by atoms with Gasteiger partial charge in [0, 0.05) is 6.08 Å². The molecule has 0 unspecified atom stereocenters. The van der Waals surface area contributed by atoms with E-state index in [1.165, 1.54) is 17.2 Å². The van der Waals surface area contributed by atoms with Crippen LogP contribution in [0.4, 0.5) is 0 Å². The SMILES string of the molecule is C=CCCc1cccc(CC/C=C/C(=O)O)c1. The van der Waals surface area contributed by atoms with Crippen LogP contribution in [0.5, 0.6) is 0 Å². The molecule has 0 aromatic heterocycles. The standard InChI is InChI=1S/C15H18O2/c1-2-3-7-13-9-6-10-14(12-13)8-4-5-11-15(16)17/h2,5-6,9-12H,1,3-4,7-8H2,(H,16,17)/b11-5+. The molecule has 0 aliphatic heterocycles. The van der Waals surface area contributed by atoms with Gasteiger partial charge in [-0.3, -0.25) is 0 Å². The van der Waals surface area contributed by atoms with Gasteiger partial charge in [0.25, 0.3) is 0 Å². The Morgan fingerprint density at radius 3 is 2.47 bits per heavy atom. The summed E-state index contributed by atoms with van der Waals surface area (Å²) in [7, 11) is 0. The molecule has 2 nitrogen and oxygen atoms in total. The summed E-state index contributed by atoms with van der Waals surface area (Å²) in [5.74, 6) is -0.885. The average Bonchev–Trinajstić information content (AvgIpc) is 2.32. The third kappa shape index (κ3) is 5.71. The molecule has 0 amide bonds. The van der Waals surface area contributed by atoms with E-state index in [0.29, 0.717) is 0 Å². The van der Waals surface area contributed by atoms with E-state index in [4.69, 9.17) is 5.11 Å². The van der Waals surface area contributed by atoms with E-state index in [0.717, 1.165) is 25.7 Å². The number of carbonyl (C=O) groups is 1. The second kappa shape index (κ2) is 7.44. The fourth-order valence-electron chi connectivity index (χ4n) is 1.64. The Morgan fingerprint density at radius 1 is 1.24 bits per heavy atom. The van der Waals surface area contributed by atoms with Crippen LogP contribution in [0.2, 0.25) is 0 Å². The minimum Gasteiger partial charge on any atom is -0.478 e. The maximum atomic E-state index is 10.3. The number of benzene rings is 1. The van der Waals surface area contributed by atoms with Crippen LogP contribution in [0.1, 0.15) is 24.0 Å². The summed E-state index contributed by atoms with van der Waals surface area (Å²) in [4.78, 5) is 10.3. The number of allylic oxidation sites excluding steroid dienone is 2. The predicted molar refractivity (Wildman–Crippen MR) is 70.1 cm³/mol.